The molecule has 2 aromatic heterocycles. The van der Waals surface area contributed by atoms with Crippen LogP contribution in [0, 0.1) is 6.92 Å². The molecule has 7 heteroatoms. The molecule has 0 aliphatic rings. The Morgan fingerprint density at radius 1 is 1.23 bits per heavy atom. The Bertz CT molecular complexity index is 916. The summed E-state index contributed by atoms with van der Waals surface area (Å²) in [4.78, 5) is 19.2. The second kappa shape index (κ2) is 8.06. The number of hydrogen-bond acceptors (Lipinski definition) is 6. The third-order valence-corrected chi connectivity index (χ3v) is 3.87. The predicted octanol–water partition coefficient (Wildman–Crippen LogP) is 2.80. The maximum absolute atomic E-state index is 10.5. The van der Waals surface area contributed by atoms with Gasteiger partial charge in [0.2, 0.25) is 5.95 Å². The molecule has 0 saturated carbocycles. The number of aromatic nitrogens is 4. The molecule has 7 nitrogen and oxygen atoms in total. The van der Waals surface area contributed by atoms with E-state index in [4.69, 9.17) is 4.74 Å². The first-order valence-electron chi connectivity index (χ1n) is 8.08. The van der Waals surface area contributed by atoms with Crippen molar-refractivity contribution in [2.24, 2.45) is 0 Å². The molecule has 3 rings (SSSR count). The van der Waals surface area contributed by atoms with Crippen LogP contribution in [0.3, 0.4) is 0 Å². The van der Waals surface area contributed by atoms with Gasteiger partial charge in [-0.05, 0) is 36.8 Å². The fourth-order valence-electron chi connectivity index (χ4n) is 2.44. The minimum atomic E-state index is 0.512. The first-order valence-corrected chi connectivity index (χ1v) is 8.08. The lowest BCUT2D eigenvalue weighted by atomic mass is 10.2. The molecule has 0 unspecified atom stereocenters. The van der Waals surface area contributed by atoms with E-state index >= 15 is 0 Å². The van der Waals surface area contributed by atoms with Gasteiger partial charge in [0.25, 0.3) is 0 Å². The van der Waals surface area contributed by atoms with E-state index in [0.717, 1.165) is 28.9 Å². The van der Waals surface area contributed by atoms with Crippen LogP contribution in [0.5, 0.6) is 5.75 Å². The number of nitrogens with one attached hydrogen (secondary N) is 1. The monoisotopic (exact) mass is 349 g/mol. The molecule has 3 aromatic rings. The van der Waals surface area contributed by atoms with Crippen LogP contribution in [0.4, 0.5) is 5.95 Å². The lowest BCUT2D eigenvalue weighted by Gasteiger charge is -2.08. The molecule has 1 N–H and O–H groups in total. The summed E-state index contributed by atoms with van der Waals surface area (Å²) in [6.45, 7) is 2.52. The molecular formula is C19H19N5O2. The number of aldehydes is 1. The summed E-state index contributed by atoms with van der Waals surface area (Å²) in [5, 5.41) is 7.54. The van der Waals surface area contributed by atoms with Crippen LogP contribution in [-0.2, 0) is 11.3 Å². The van der Waals surface area contributed by atoms with Crippen LogP contribution in [0.1, 0.15) is 16.8 Å². The maximum atomic E-state index is 10.5. The summed E-state index contributed by atoms with van der Waals surface area (Å²) < 4.78 is 6.87. The number of benzene rings is 1. The minimum absolute atomic E-state index is 0.512. The van der Waals surface area contributed by atoms with E-state index in [1.807, 2.05) is 31.2 Å². The van der Waals surface area contributed by atoms with E-state index in [1.165, 1.54) is 6.08 Å². The molecule has 2 heterocycles. The first-order chi connectivity index (χ1) is 12.7. The van der Waals surface area contributed by atoms with Crippen LogP contribution < -0.4 is 10.1 Å². The van der Waals surface area contributed by atoms with Crippen molar-refractivity contribution in [2.45, 2.75) is 13.5 Å². The van der Waals surface area contributed by atoms with Gasteiger partial charge < -0.3 is 10.1 Å². The number of ether oxygens (including phenoxy) is 1. The van der Waals surface area contributed by atoms with E-state index in [1.54, 1.807) is 36.3 Å². The topological polar surface area (TPSA) is 81.9 Å². The quantitative estimate of drug-likeness (QED) is 0.522. The van der Waals surface area contributed by atoms with Crippen LogP contribution in [-0.4, -0.2) is 33.1 Å². The zero-order chi connectivity index (χ0) is 18.4. The van der Waals surface area contributed by atoms with E-state index in [2.05, 4.69) is 20.4 Å². The Balaban J connectivity index is 1.74. The smallest absolute Gasteiger partial charge is 0.224 e. The number of anilines is 1. The molecule has 0 fully saturated rings. The number of allylic oxidation sites excluding steroid dienone is 1. The molecular weight excluding hydrogens is 330 g/mol. The predicted molar refractivity (Wildman–Crippen MR) is 99.3 cm³/mol. The minimum Gasteiger partial charge on any atom is -0.497 e. The molecule has 0 atom stereocenters. The average molecular weight is 349 g/mol. The Morgan fingerprint density at radius 3 is 2.77 bits per heavy atom. The first kappa shape index (κ1) is 17.3. The number of carbonyl (C=O) groups excluding carboxylic acids is 1. The SMILES string of the molecule is COc1ccc(CNc2nccc(-n3ncc(C=CC=O)c3C)n2)cc1. The lowest BCUT2D eigenvalue weighted by Crippen LogP contribution is -2.07. The molecule has 0 aliphatic heterocycles. The zero-order valence-corrected chi connectivity index (χ0v) is 14.6. The van der Waals surface area contributed by atoms with Gasteiger partial charge in [0.1, 0.15) is 12.0 Å². The van der Waals surface area contributed by atoms with Crippen molar-refractivity contribution in [3.8, 4) is 11.6 Å². The molecule has 132 valence electrons. The second-order valence-corrected chi connectivity index (χ2v) is 5.53. The molecule has 0 aliphatic carbocycles. The number of methoxy groups -OCH3 is 1. The van der Waals surface area contributed by atoms with Gasteiger partial charge in [-0.3, -0.25) is 4.79 Å². The van der Waals surface area contributed by atoms with Gasteiger partial charge in [0.05, 0.1) is 19.0 Å². The van der Waals surface area contributed by atoms with Crippen LogP contribution in [0.2, 0.25) is 0 Å². The largest absolute Gasteiger partial charge is 0.497 e. The standard InChI is InChI=1S/C19H19N5O2/c1-14-16(4-3-11-25)13-22-24(14)18-9-10-20-19(23-18)21-12-15-5-7-17(26-2)8-6-15/h3-11,13H,12H2,1-2H3,(H,20,21,23). The van der Waals surface area contributed by atoms with E-state index < -0.39 is 0 Å². The normalized spacial score (nSPS) is 10.8. The van der Waals surface area contributed by atoms with Gasteiger partial charge in [0, 0.05) is 24.4 Å². The summed E-state index contributed by atoms with van der Waals surface area (Å²) in [6, 6.07) is 9.58. The van der Waals surface area contributed by atoms with Crippen molar-refractivity contribution >= 4 is 18.3 Å². The van der Waals surface area contributed by atoms with Crippen LogP contribution in [0.15, 0.2) is 48.8 Å². The van der Waals surface area contributed by atoms with Crippen molar-refractivity contribution in [1.82, 2.24) is 19.7 Å². The third kappa shape index (κ3) is 3.94. The van der Waals surface area contributed by atoms with Crippen molar-refractivity contribution < 1.29 is 9.53 Å². The van der Waals surface area contributed by atoms with E-state index in [-0.39, 0.29) is 0 Å². The highest BCUT2D eigenvalue weighted by molar-refractivity contribution is 5.74. The van der Waals surface area contributed by atoms with E-state index in [9.17, 15) is 4.79 Å². The molecule has 1 aromatic carbocycles. The summed E-state index contributed by atoms with van der Waals surface area (Å²) in [6.07, 6.45) is 7.28. The van der Waals surface area contributed by atoms with Gasteiger partial charge in [-0.2, -0.15) is 10.1 Å². The average Bonchev–Trinajstić information content (AvgIpc) is 3.06. The van der Waals surface area contributed by atoms with Gasteiger partial charge in [-0.1, -0.05) is 12.1 Å². The lowest BCUT2D eigenvalue weighted by molar-refractivity contribution is -0.104. The Hall–Kier alpha value is -3.48. The Labute approximate surface area is 151 Å². The Kier molecular flexibility index (Phi) is 5.38. The van der Waals surface area contributed by atoms with Crippen molar-refractivity contribution in [1.29, 1.82) is 0 Å². The zero-order valence-electron chi connectivity index (χ0n) is 14.6. The number of nitrogens with zero attached hydrogens (tertiary/aromatic N) is 4. The Morgan fingerprint density at radius 2 is 2.04 bits per heavy atom. The molecule has 0 saturated heterocycles. The van der Waals surface area contributed by atoms with Crippen molar-refractivity contribution in [3.05, 3.63) is 65.6 Å². The molecule has 26 heavy (non-hydrogen) atoms. The summed E-state index contributed by atoms with van der Waals surface area (Å²) in [7, 11) is 1.64. The van der Waals surface area contributed by atoms with Crippen molar-refractivity contribution in [2.75, 3.05) is 12.4 Å². The summed E-state index contributed by atoms with van der Waals surface area (Å²) in [5.74, 6) is 1.99. The van der Waals surface area contributed by atoms with Crippen LogP contribution in [0.25, 0.3) is 11.9 Å². The van der Waals surface area contributed by atoms with Gasteiger partial charge in [0.15, 0.2) is 5.82 Å². The van der Waals surface area contributed by atoms with Gasteiger partial charge in [-0.15, -0.1) is 0 Å². The number of hydrogen-bond donors (Lipinski definition) is 1. The highest BCUT2D eigenvalue weighted by Crippen LogP contribution is 2.15. The summed E-state index contributed by atoms with van der Waals surface area (Å²) >= 11 is 0. The maximum Gasteiger partial charge on any atom is 0.224 e. The molecule has 0 amide bonds. The van der Waals surface area contributed by atoms with E-state index in [0.29, 0.717) is 18.3 Å². The number of carbonyl (C=O) groups is 1. The molecule has 0 spiro atoms. The fourth-order valence-corrected chi connectivity index (χ4v) is 2.44. The molecule has 0 bridgehead atoms. The van der Waals surface area contributed by atoms with Gasteiger partial charge in [-0.25, -0.2) is 9.67 Å². The molecule has 0 radical (unpaired) electrons. The highest BCUT2D eigenvalue weighted by Gasteiger charge is 2.08. The van der Waals surface area contributed by atoms with Gasteiger partial charge >= 0.3 is 0 Å². The third-order valence-electron chi connectivity index (χ3n) is 3.87. The summed E-state index contributed by atoms with van der Waals surface area (Å²) in [5.41, 5.74) is 2.85. The second-order valence-electron chi connectivity index (χ2n) is 5.53. The highest BCUT2D eigenvalue weighted by atomic mass is 16.5. The van der Waals surface area contributed by atoms with Crippen LogP contribution >= 0.6 is 0 Å². The fraction of sp³-hybridized carbons (Fsp3) is 0.158. The number of rotatable bonds is 7. The van der Waals surface area contributed by atoms with Crippen molar-refractivity contribution in [3.63, 3.8) is 0 Å².